The van der Waals surface area contributed by atoms with E-state index in [-0.39, 0.29) is 0 Å². The zero-order valence-corrected chi connectivity index (χ0v) is 15.9. The number of aromatic nitrogens is 2. The van der Waals surface area contributed by atoms with Gasteiger partial charge in [0, 0.05) is 34.2 Å². The van der Waals surface area contributed by atoms with Gasteiger partial charge in [0.1, 0.15) is 0 Å². The smallest absolute Gasteiger partial charge is 0.0946 e. The molecule has 1 unspecified atom stereocenters. The van der Waals surface area contributed by atoms with Crippen molar-refractivity contribution in [1.29, 1.82) is 0 Å². The van der Waals surface area contributed by atoms with E-state index in [2.05, 4.69) is 22.5 Å². The first-order valence-corrected chi connectivity index (χ1v) is 10.0. The molecule has 0 amide bonds. The maximum absolute atomic E-state index is 6.42. The molecule has 0 fully saturated rings. The van der Waals surface area contributed by atoms with Gasteiger partial charge in [-0.05, 0) is 29.9 Å². The van der Waals surface area contributed by atoms with Crippen LogP contribution in [0.25, 0.3) is 0 Å². The molecule has 0 spiro atoms. The average molecular weight is 371 g/mol. The third kappa shape index (κ3) is 6.40. The van der Waals surface area contributed by atoms with Crippen LogP contribution in [0.4, 0.5) is 0 Å². The third-order valence-corrected chi connectivity index (χ3v) is 5.70. The van der Waals surface area contributed by atoms with Crippen LogP contribution in [0, 0.1) is 0 Å². The predicted molar refractivity (Wildman–Crippen MR) is 103 cm³/mol. The average Bonchev–Trinajstić information content (AvgIpc) is 3.03. The lowest BCUT2D eigenvalue weighted by atomic mass is 10.1. The molecule has 0 aliphatic heterocycles. The van der Waals surface area contributed by atoms with Crippen LogP contribution >= 0.6 is 35.0 Å². The number of imidazole rings is 1. The summed E-state index contributed by atoms with van der Waals surface area (Å²) < 4.78 is 2.11. The van der Waals surface area contributed by atoms with Gasteiger partial charge < -0.3 is 4.57 Å². The molecule has 0 saturated heterocycles. The highest BCUT2D eigenvalue weighted by molar-refractivity contribution is 7.99. The fourth-order valence-electron chi connectivity index (χ4n) is 2.52. The van der Waals surface area contributed by atoms with Crippen LogP contribution in [-0.4, -0.2) is 15.3 Å². The fourth-order valence-corrected chi connectivity index (χ4v) is 4.44. The molecule has 2 aromatic rings. The van der Waals surface area contributed by atoms with Crippen molar-refractivity contribution in [2.45, 2.75) is 50.8 Å². The molecule has 1 aromatic carbocycles. The number of hydrogen-bond donors (Lipinski definition) is 0. The van der Waals surface area contributed by atoms with E-state index < -0.39 is 0 Å². The normalized spacial score (nSPS) is 12.5. The Hall–Kier alpha value is -0.640. The summed E-state index contributed by atoms with van der Waals surface area (Å²) in [6.07, 6.45) is 12.2. The monoisotopic (exact) mass is 370 g/mol. The number of hydrogen-bond acceptors (Lipinski definition) is 2. The van der Waals surface area contributed by atoms with Gasteiger partial charge in [0.15, 0.2) is 0 Å². The SMILES string of the molecule is CCCCCCCSC(Cn1ccnc1)c1ccc(Cl)cc1Cl. The summed E-state index contributed by atoms with van der Waals surface area (Å²) in [6, 6.07) is 5.81. The largest absolute Gasteiger partial charge is 0.336 e. The van der Waals surface area contributed by atoms with Gasteiger partial charge in [-0.15, -0.1) is 0 Å². The molecule has 23 heavy (non-hydrogen) atoms. The highest BCUT2D eigenvalue weighted by Gasteiger charge is 2.16. The number of unbranched alkanes of at least 4 members (excludes halogenated alkanes) is 4. The van der Waals surface area contributed by atoms with Gasteiger partial charge in [0.05, 0.1) is 6.33 Å². The number of halogens is 2. The minimum absolute atomic E-state index is 0.320. The molecule has 0 aliphatic rings. The van der Waals surface area contributed by atoms with Crippen molar-refractivity contribution in [2.75, 3.05) is 5.75 Å². The lowest BCUT2D eigenvalue weighted by Gasteiger charge is -2.19. The molecule has 126 valence electrons. The Balaban J connectivity index is 1.97. The van der Waals surface area contributed by atoms with Crippen molar-refractivity contribution >= 4 is 35.0 Å². The Morgan fingerprint density at radius 3 is 2.70 bits per heavy atom. The molecule has 0 radical (unpaired) electrons. The zero-order valence-electron chi connectivity index (χ0n) is 13.5. The summed E-state index contributed by atoms with van der Waals surface area (Å²) in [5.41, 5.74) is 1.16. The predicted octanol–water partition coefficient (Wildman–Crippen LogP) is 6.63. The molecule has 1 aromatic heterocycles. The van der Waals surface area contributed by atoms with Gasteiger partial charge in [-0.3, -0.25) is 0 Å². The van der Waals surface area contributed by atoms with Crippen molar-refractivity contribution < 1.29 is 0 Å². The Morgan fingerprint density at radius 2 is 2.00 bits per heavy atom. The molecule has 0 N–H and O–H groups in total. The molecule has 2 nitrogen and oxygen atoms in total. The van der Waals surface area contributed by atoms with Crippen LogP contribution in [0.1, 0.15) is 49.8 Å². The van der Waals surface area contributed by atoms with E-state index in [1.165, 1.54) is 32.1 Å². The molecular formula is C18H24Cl2N2S. The highest BCUT2D eigenvalue weighted by atomic mass is 35.5. The Labute approximate surface area is 153 Å². The second kappa shape index (κ2) is 10.3. The van der Waals surface area contributed by atoms with Gasteiger partial charge in [-0.2, -0.15) is 11.8 Å². The van der Waals surface area contributed by atoms with Crippen LogP contribution in [0.3, 0.4) is 0 Å². The third-order valence-electron chi connectivity index (χ3n) is 3.81. The summed E-state index contributed by atoms with van der Waals surface area (Å²) in [5.74, 6) is 1.15. The Morgan fingerprint density at radius 1 is 1.17 bits per heavy atom. The topological polar surface area (TPSA) is 17.8 Å². The summed E-state index contributed by atoms with van der Waals surface area (Å²) >= 11 is 14.4. The molecule has 0 saturated carbocycles. The van der Waals surface area contributed by atoms with E-state index >= 15 is 0 Å². The first-order valence-electron chi connectivity index (χ1n) is 8.23. The van der Waals surface area contributed by atoms with Crippen LogP contribution in [0.2, 0.25) is 10.0 Å². The summed E-state index contributed by atoms with van der Waals surface area (Å²) in [7, 11) is 0. The lowest BCUT2D eigenvalue weighted by Crippen LogP contribution is -2.06. The van der Waals surface area contributed by atoms with Gasteiger partial charge in [-0.25, -0.2) is 4.98 Å². The van der Waals surface area contributed by atoms with Crippen molar-refractivity contribution in [3.63, 3.8) is 0 Å². The van der Waals surface area contributed by atoms with Gasteiger partial charge >= 0.3 is 0 Å². The van der Waals surface area contributed by atoms with E-state index in [4.69, 9.17) is 23.2 Å². The van der Waals surface area contributed by atoms with E-state index in [0.717, 1.165) is 22.9 Å². The van der Waals surface area contributed by atoms with E-state index in [1.807, 2.05) is 42.6 Å². The number of thioether (sulfide) groups is 1. The van der Waals surface area contributed by atoms with Crippen molar-refractivity contribution in [2.24, 2.45) is 0 Å². The molecular weight excluding hydrogens is 347 g/mol. The van der Waals surface area contributed by atoms with Crippen molar-refractivity contribution in [1.82, 2.24) is 9.55 Å². The van der Waals surface area contributed by atoms with E-state index in [9.17, 15) is 0 Å². The van der Waals surface area contributed by atoms with Crippen LogP contribution < -0.4 is 0 Å². The van der Waals surface area contributed by atoms with E-state index in [0.29, 0.717) is 10.3 Å². The molecule has 2 rings (SSSR count). The Bertz CT molecular complexity index is 572. The molecule has 1 heterocycles. The Kier molecular flexibility index (Phi) is 8.35. The zero-order chi connectivity index (χ0) is 16.5. The summed E-state index contributed by atoms with van der Waals surface area (Å²) in [6.45, 7) is 3.12. The van der Waals surface area contributed by atoms with Crippen LogP contribution in [-0.2, 0) is 6.54 Å². The number of rotatable bonds is 10. The van der Waals surface area contributed by atoms with Gasteiger partial charge in [0.25, 0.3) is 0 Å². The molecule has 5 heteroatoms. The lowest BCUT2D eigenvalue weighted by molar-refractivity contribution is 0.655. The van der Waals surface area contributed by atoms with Gasteiger partial charge in [-0.1, -0.05) is 61.9 Å². The van der Waals surface area contributed by atoms with Crippen molar-refractivity contribution in [3.8, 4) is 0 Å². The quantitative estimate of drug-likeness (QED) is 0.436. The second-order valence-electron chi connectivity index (χ2n) is 5.70. The van der Waals surface area contributed by atoms with E-state index in [1.54, 1.807) is 0 Å². The standard InChI is InChI=1S/C18H24Cl2N2S/c1-2-3-4-5-6-11-23-18(13-22-10-9-21-14-22)16-8-7-15(19)12-17(16)20/h7-10,12,14,18H,2-6,11,13H2,1H3. The molecule has 1 atom stereocenters. The first-order chi connectivity index (χ1) is 11.2. The van der Waals surface area contributed by atoms with Crippen molar-refractivity contribution in [3.05, 3.63) is 52.5 Å². The maximum Gasteiger partial charge on any atom is 0.0946 e. The first kappa shape index (κ1) is 18.7. The summed E-state index contributed by atoms with van der Waals surface area (Å²) in [5, 5.41) is 1.76. The minimum Gasteiger partial charge on any atom is -0.336 e. The second-order valence-corrected chi connectivity index (χ2v) is 7.85. The molecule has 0 aliphatic carbocycles. The maximum atomic E-state index is 6.42. The highest BCUT2D eigenvalue weighted by Crippen LogP contribution is 2.36. The number of nitrogens with zero attached hydrogens (tertiary/aromatic N) is 2. The fraction of sp³-hybridized carbons (Fsp3) is 0.500. The number of benzene rings is 1. The van der Waals surface area contributed by atoms with Gasteiger partial charge in [0.2, 0.25) is 0 Å². The minimum atomic E-state index is 0.320. The van der Waals surface area contributed by atoms with Crippen LogP contribution in [0.15, 0.2) is 36.9 Å². The van der Waals surface area contributed by atoms with Crippen LogP contribution in [0.5, 0.6) is 0 Å². The molecule has 0 bridgehead atoms. The summed E-state index contributed by atoms with van der Waals surface area (Å²) in [4.78, 5) is 4.14.